The van der Waals surface area contributed by atoms with Crippen LogP contribution in [0.2, 0.25) is 5.02 Å². The maximum atomic E-state index is 6.28. The summed E-state index contributed by atoms with van der Waals surface area (Å²) in [6, 6.07) is 6.68. The van der Waals surface area contributed by atoms with Gasteiger partial charge in [-0.1, -0.05) is 24.1 Å². The van der Waals surface area contributed by atoms with Crippen LogP contribution in [0, 0.1) is 0 Å². The van der Waals surface area contributed by atoms with Crippen LogP contribution >= 0.6 is 11.6 Å². The molecule has 3 nitrogen and oxygen atoms in total. The molecule has 2 N–H and O–H groups in total. The highest BCUT2D eigenvalue weighted by Gasteiger charge is 2.25. The first-order valence-electron chi connectivity index (χ1n) is 8.23. The molecule has 2 aliphatic heterocycles. The lowest BCUT2D eigenvalue weighted by Crippen LogP contribution is -2.46. The Labute approximate surface area is 133 Å². The van der Waals surface area contributed by atoms with E-state index in [2.05, 4.69) is 15.9 Å². The van der Waals surface area contributed by atoms with E-state index in [0.29, 0.717) is 0 Å². The molecular weight excluding hydrogens is 282 g/mol. The van der Waals surface area contributed by atoms with Gasteiger partial charge in [0.2, 0.25) is 0 Å². The van der Waals surface area contributed by atoms with Crippen LogP contribution in [0.1, 0.15) is 37.7 Å². The summed E-state index contributed by atoms with van der Waals surface area (Å²) < 4.78 is 0. The van der Waals surface area contributed by atoms with E-state index in [-0.39, 0.29) is 0 Å². The summed E-state index contributed by atoms with van der Waals surface area (Å²) in [7, 11) is 0. The largest absolute Gasteiger partial charge is 0.399 e. The monoisotopic (exact) mass is 307 g/mol. The van der Waals surface area contributed by atoms with Crippen molar-refractivity contribution in [2.24, 2.45) is 0 Å². The quantitative estimate of drug-likeness (QED) is 0.869. The van der Waals surface area contributed by atoms with Crippen LogP contribution in [0.25, 0.3) is 0 Å². The molecule has 3 rings (SSSR count). The number of likely N-dealkylation sites (tertiary alicyclic amines) is 2. The number of anilines is 1. The average Bonchev–Trinajstić information content (AvgIpc) is 2.52. The fraction of sp³-hybridized carbons (Fsp3) is 0.647. The van der Waals surface area contributed by atoms with Gasteiger partial charge in [-0.2, -0.15) is 0 Å². The Morgan fingerprint density at radius 2 is 1.76 bits per heavy atom. The van der Waals surface area contributed by atoms with Crippen molar-refractivity contribution >= 4 is 17.3 Å². The van der Waals surface area contributed by atoms with Crippen molar-refractivity contribution in [1.82, 2.24) is 9.80 Å². The van der Waals surface area contributed by atoms with Gasteiger partial charge in [-0.15, -0.1) is 0 Å². The normalized spacial score (nSPS) is 22.5. The van der Waals surface area contributed by atoms with Crippen molar-refractivity contribution in [1.29, 1.82) is 0 Å². The molecule has 0 saturated carbocycles. The van der Waals surface area contributed by atoms with Gasteiger partial charge in [0.1, 0.15) is 0 Å². The molecule has 0 unspecified atom stereocenters. The number of halogens is 1. The van der Waals surface area contributed by atoms with Crippen molar-refractivity contribution in [2.45, 2.75) is 44.7 Å². The van der Waals surface area contributed by atoms with Crippen molar-refractivity contribution in [3.63, 3.8) is 0 Å². The minimum absolute atomic E-state index is 0.743. The summed E-state index contributed by atoms with van der Waals surface area (Å²) in [5.41, 5.74) is 7.70. The van der Waals surface area contributed by atoms with Crippen molar-refractivity contribution in [3.05, 3.63) is 28.8 Å². The SMILES string of the molecule is Nc1ccc(CN2CCC(N3CCCCC3)CC2)c(Cl)c1. The summed E-state index contributed by atoms with van der Waals surface area (Å²) in [4.78, 5) is 5.24. The van der Waals surface area contributed by atoms with Gasteiger partial charge in [-0.3, -0.25) is 4.90 Å². The first kappa shape index (κ1) is 15.1. The number of rotatable bonds is 3. The number of benzene rings is 1. The molecule has 0 radical (unpaired) electrons. The lowest BCUT2D eigenvalue weighted by Gasteiger charge is -2.40. The Hall–Kier alpha value is -0.770. The smallest absolute Gasteiger partial charge is 0.0471 e. The zero-order chi connectivity index (χ0) is 14.7. The molecule has 1 aromatic rings. The van der Waals surface area contributed by atoms with Crippen LogP contribution < -0.4 is 5.73 Å². The zero-order valence-electron chi connectivity index (χ0n) is 12.7. The Bertz CT molecular complexity index is 463. The summed E-state index contributed by atoms with van der Waals surface area (Å²) in [5, 5.41) is 0.799. The molecule has 0 atom stereocenters. The van der Waals surface area contributed by atoms with Crippen LogP contribution in [0.15, 0.2) is 18.2 Å². The van der Waals surface area contributed by atoms with E-state index in [1.807, 2.05) is 12.1 Å². The molecule has 2 fully saturated rings. The first-order chi connectivity index (χ1) is 10.2. The van der Waals surface area contributed by atoms with Crippen molar-refractivity contribution < 1.29 is 0 Å². The summed E-state index contributed by atoms with van der Waals surface area (Å²) >= 11 is 6.28. The maximum Gasteiger partial charge on any atom is 0.0471 e. The van der Waals surface area contributed by atoms with Crippen LogP contribution in [-0.2, 0) is 6.54 Å². The van der Waals surface area contributed by atoms with E-state index in [1.54, 1.807) is 0 Å². The predicted molar refractivity (Wildman–Crippen MR) is 89.6 cm³/mol. The maximum absolute atomic E-state index is 6.28. The molecule has 2 aliphatic rings. The number of hydrogen-bond acceptors (Lipinski definition) is 3. The van der Waals surface area contributed by atoms with E-state index < -0.39 is 0 Å². The molecule has 0 aromatic heterocycles. The lowest BCUT2D eigenvalue weighted by molar-refractivity contribution is 0.0897. The second-order valence-electron chi connectivity index (χ2n) is 6.45. The van der Waals surface area contributed by atoms with Crippen LogP contribution in [-0.4, -0.2) is 42.0 Å². The Balaban J connectivity index is 1.51. The molecule has 4 heteroatoms. The van der Waals surface area contributed by atoms with Gasteiger partial charge < -0.3 is 10.6 Å². The fourth-order valence-electron chi connectivity index (χ4n) is 3.66. The molecule has 116 valence electrons. The van der Waals surface area contributed by atoms with Crippen molar-refractivity contribution in [2.75, 3.05) is 31.9 Å². The van der Waals surface area contributed by atoms with E-state index in [1.165, 1.54) is 63.8 Å². The number of nitrogens with two attached hydrogens (primary N) is 1. The average molecular weight is 308 g/mol. The van der Waals surface area contributed by atoms with Crippen LogP contribution in [0.4, 0.5) is 5.69 Å². The molecule has 21 heavy (non-hydrogen) atoms. The third-order valence-corrected chi connectivity index (χ3v) is 5.29. The zero-order valence-corrected chi connectivity index (χ0v) is 13.5. The molecule has 2 saturated heterocycles. The highest BCUT2D eigenvalue weighted by molar-refractivity contribution is 6.31. The molecule has 0 aliphatic carbocycles. The number of nitrogens with zero attached hydrogens (tertiary/aromatic N) is 2. The summed E-state index contributed by atoms with van der Waals surface area (Å²) in [5.74, 6) is 0. The number of piperidine rings is 2. The van der Waals surface area contributed by atoms with Gasteiger partial charge in [0.15, 0.2) is 0 Å². The molecule has 0 amide bonds. The second kappa shape index (κ2) is 6.99. The van der Waals surface area contributed by atoms with Gasteiger partial charge in [0, 0.05) is 23.3 Å². The Kier molecular flexibility index (Phi) is 5.04. The molecule has 1 aromatic carbocycles. The highest BCUT2D eigenvalue weighted by Crippen LogP contribution is 2.24. The fourth-order valence-corrected chi connectivity index (χ4v) is 3.91. The molecule has 0 spiro atoms. The van der Waals surface area contributed by atoms with Gasteiger partial charge in [-0.05, 0) is 69.6 Å². The minimum atomic E-state index is 0.743. The lowest BCUT2D eigenvalue weighted by atomic mass is 9.99. The Morgan fingerprint density at radius 3 is 2.43 bits per heavy atom. The van der Waals surface area contributed by atoms with E-state index in [0.717, 1.165) is 23.3 Å². The van der Waals surface area contributed by atoms with E-state index in [9.17, 15) is 0 Å². The van der Waals surface area contributed by atoms with Gasteiger partial charge in [-0.25, -0.2) is 0 Å². The van der Waals surface area contributed by atoms with Gasteiger partial charge >= 0.3 is 0 Å². The van der Waals surface area contributed by atoms with E-state index >= 15 is 0 Å². The minimum Gasteiger partial charge on any atom is -0.399 e. The first-order valence-corrected chi connectivity index (χ1v) is 8.60. The standard InChI is InChI=1S/C17H26ClN3/c18-17-12-15(19)5-4-14(17)13-20-10-6-16(7-11-20)21-8-2-1-3-9-21/h4-5,12,16H,1-3,6-11,13,19H2. The number of hydrogen-bond donors (Lipinski definition) is 1. The third kappa shape index (κ3) is 3.91. The highest BCUT2D eigenvalue weighted by atomic mass is 35.5. The predicted octanol–water partition coefficient (Wildman–Crippen LogP) is 3.37. The number of nitrogen functional groups attached to an aromatic ring is 1. The summed E-state index contributed by atoms with van der Waals surface area (Å²) in [6.45, 7) is 5.94. The molecule has 0 bridgehead atoms. The van der Waals surface area contributed by atoms with E-state index in [4.69, 9.17) is 17.3 Å². The van der Waals surface area contributed by atoms with Crippen LogP contribution in [0.5, 0.6) is 0 Å². The Morgan fingerprint density at radius 1 is 1.05 bits per heavy atom. The molecular formula is C17H26ClN3. The second-order valence-corrected chi connectivity index (χ2v) is 6.86. The van der Waals surface area contributed by atoms with Gasteiger partial charge in [0.05, 0.1) is 0 Å². The third-order valence-electron chi connectivity index (χ3n) is 4.94. The van der Waals surface area contributed by atoms with Crippen molar-refractivity contribution in [3.8, 4) is 0 Å². The topological polar surface area (TPSA) is 32.5 Å². The molecule has 2 heterocycles. The summed E-state index contributed by atoms with van der Waals surface area (Å²) in [6.07, 6.45) is 6.80. The van der Waals surface area contributed by atoms with Crippen LogP contribution in [0.3, 0.4) is 0 Å². The van der Waals surface area contributed by atoms with Gasteiger partial charge in [0.25, 0.3) is 0 Å².